The van der Waals surface area contributed by atoms with Gasteiger partial charge in [-0.15, -0.1) is 0 Å². The van der Waals surface area contributed by atoms with Crippen LogP contribution in [0.1, 0.15) is 53.5 Å². The first-order valence-electron chi connectivity index (χ1n) is 11.3. The number of Topliss-reactive ketones (excluding diaryl/α,β-unsaturated/α-hetero) is 1. The molecule has 1 aromatic heterocycles. The molecule has 2 aliphatic heterocycles. The highest BCUT2D eigenvalue weighted by Gasteiger charge is 2.48. The number of nitrogens with one attached hydrogen (secondary N) is 1. The first-order valence-corrected chi connectivity index (χ1v) is 11.3. The highest BCUT2D eigenvalue weighted by Crippen LogP contribution is 2.25. The third-order valence-corrected chi connectivity index (χ3v) is 6.69. The van der Waals surface area contributed by atoms with Crippen molar-refractivity contribution in [3.63, 3.8) is 0 Å². The van der Waals surface area contributed by atoms with Crippen LogP contribution in [-0.2, 0) is 22.5 Å². The molecule has 2 saturated heterocycles. The molecule has 7 nitrogen and oxygen atoms in total. The smallest absolute Gasteiger partial charge is 0.325 e. The Hall–Kier alpha value is -2.93. The van der Waals surface area contributed by atoms with E-state index >= 15 is 0 Å². The van der Waals surface area contributed by atoms with Crippen LogP contribution in [0.5, 0.6) is 0 Å². The van der Waals surface area contributed by atoms with Crippen molar-refractivity contribution in [3.05, 3.63) is 58.9 Å². The number of benzene rings is 1. The maximum Gasteiger partial charge on any atom is 0.325 e. The predicted octanol–water partition coefficient (Wildman–Crippen LogP) is 3.41. The maximum absolute atomic E-state index is 13.1. The second kappa shape index (κ2) is 8.90. The fourth-order valence-electron chi connectivity index (χ4n) is 4.68. The molecule has 2 atom stereocenters. The second-order valence-electron chi connectivity index (χ2n) is 9.09. The first-order chi connectivity index (χ1) is 15.3. The van der Waals surface area contributed by atoms with Crippen LogP contribution in [0.4, 0.5) is 4.79 Å². The quantitative estimate of drug-likeness (QED) is 0.507. The Morgan fingerprint density at radius 3 is 2.66 bits per heavy atom. The normalized spacial score (nSPS) is 23.1. The summed E-state index contributed by atoms with van der Waals surface area (Å²) in [5.41, 5.74) is 2.47. The largest absolute Gasteiger partial charge is 0.376 e. The highest BCUT2D eigenvalue weighted by molar-refractivity contribution is 6.11. The van der Waals surface area contributed by atoms with E-state index in [-0.39, 0.29) is 24.3 Å². The van der Waals surface area contributed by atoms with Gasteiger partial charge in [0, 0.05) is 30.1 Å². The van der Waals surface area contributed by atoms with E-state index in [1.807, 2.05) is 50.2 Å². The molecule has 2 fully saturated rings. The van der Waals surface area contributed by atoms with Gasteiger partial charge in [-0.3, -0.25) is 14.5 Å². The standard InChI is InChI=1S/C25H31N3O4/c1-17-14-21(18(2)27(17)15-20-10-7-13-32-20)22(29)16-28-23(30)25(3,26-24(28)31)12-11-19-8-5-4-6-9-19/h4-6,8-9,14,20H,7,10-13,15-16H2,1-3H3,(H,26,31)/t20-,25-/m1/s1. The van der Waals surface area contributed by atoms with E-state index < -0.39 is 11.6 Å². The molecule has 3 heterocycles. The molecular formula is C25H31N3O4. The van der Waals surface area contributed by atoms with Crippen molar-refractivity contribution in [1.82, 2.24) is 14.8 Å². The second-order valence-corrected chi connectivity index (χ2v) is 9.09. The molecule has 2 aliphatic rings. The van der Waals surface area contributed by atoms with Crippen LogP contribution in [0, 0.1) is 13.8 Å². The van der Waals surface area contributed by atoms with Gasteiger partial charge in [0.1, 0.15) is 5.54 Å². The summed E-state index contributed by atoms with van der Waals surface area (Å²) in [6.07, 6.45) is 3.38. The van der Waals surface area contributed by atoms with Gasteiger partial charge in [0.05, 0.1) is 12.6 Å². The van der Waals surface area contributed by atoms with Gasteiger partial charge in [-0.25, -0.2) is 4.79 Å². The molecule has 0 spiro atoms. The van der Waals surface area contributed by atoms with Gasteiger partial charge in [-0.1, -0.05) is 30.3 Å². The van der Waals surface area contributed by atoms with Crippen LogP contribution < -0.4 is 5.32 Å². The number of imide groups is 1. The van der Waals surface area contributed by atoms with E-state index in [9.17, 15) is 14.4 Å². The Morgan fingerprint density at radius 1 is 1.22 bits per heavy atom. The summed E-state index contributed by atoms with van der Waals surface area (Å²) in [6.45, 7) is 6.85. The molecule has 4 rings (SSSR count). The van der Waals surface area contributed by atoms with Gasteiger partial charge < -0.3 is 14.6 Å². The lowest BCUT2D eigenvalue weighted by molar-refractivity contribution is -0.130. The Balaban J connectivity index is 1.44. The van der Waals surface area contributed by atoms with Gasteiger partial charge >= 0.3 is 6.03 Å². The summed E-state index contributed by atoms with van der Waals surface area (Å²) in [5.74, 6) is -0.576. The average molecular weight is 438 g/mol. The number of ether oxygens (including phenoxy) is 1. The third-order valence-electron chi connectivity index (χ3n) is 6.69. The number of carbonyl (C=O) groups excluding carboxylic acids is 3. The molecule has 0 radical (unpaired) electrons. The van der Waals surface area contributed by atoms with Crippen LogP contribution in [0.3, 0.4) is 0 Å². The molecule has 0 unspecified atom stereocenters. The van der Waals surface area contributed by atoms with Gasteiger partial charge in [-0.05, 0) is 58.1 Å². The Kier molecular flexibility index (Phi) is 6.20. The molecule has 1 aromatic carbocycles. The van der Waals surface area contributed by atoms with Crippen molar-refractivity contribution in [3.8, 4) is 0 Å². The van der Waals surface area contributed by atoms with Crippen LogP contribution in [0.2, 0.25) is 0 Å². The van der Waals surface area contributed by atoms with E-state index in [4.69, 9.17) is 4.74 Å². The number of nitrogens with zero attached hydrogens (tertiary/aromatic N) is 2. The van der Waals surface area contributed by atoms with Crippen LogP contribution in [0.15, 0.2) is 36.4 Å². The molecule has 7 heteroatoms. The van der Waals surface area contributed by atoms with Crippen molar-refractivity contribution in [2.75, 3.05) is 13.2 Å². The summed E-state index contributed by atoms with van der Waals surface area (Å²) in [5, 5.41) is 2.80. The number of aryl methyl sites for hydroxylation is 2. The summed E-state index contributed by atoms with van der Waals surface area (Å²) in [6, 6.07) is 11.2. The lowest BCUT2D eigenvalue weighted by Crippen LogP contribution is -2.44. The van der Waals surface area contributed by atoms with Gasteiger partial charge in [0.2, 0.25) is 0 Å². The van der Waals surface area contributed by atoms with Crippen molar-refractivity contribution in [2.24, 2.45) is 0 Å². The van der Waals surface area contributed by atoms with Crippen LogP contribution >= 0.6 is 0 Å². The molecule has 32 heavy (non-hydrogen) atoms. The monoisotopic (exact) mass is 437 g/mol. The zero-order chi connectivity index (χ0) is 22.9. The van der Waals surface area contributed by atoms with Crippen LogP contribution in [-0.4, -0.2) is 52.0 Å². The molecular weight excluding hydrogens is 406 g/mol. The Labute approximate surface area is 188 Å². The molecule has 0 bridgehead atoms. The minimum Gasteiger partial charge on any atom is -0.376 e. The molecule has 0 aliphatic carbocycles. The summed E-state index contributed by atoms with van der Waals surface area (Å²) >= 11 is 0. The number of amides is 3. The van der Waals surface area contributed by atoms with Crippen molar-refractivity contribution in [1.29, 1.82) is 0 Å². The van der Waals surface area contributed by atoms with Crippen molar-refractivity contribution < 1.29 is 19.1 Å². The Bertz CT molecular complexity index is 1020. The van der Waals surface area contributed by atoms with Gasteiger partial charge in [0.25, 0.3) is 5.91 Å². The minimum atomic E-state index is -1.01. The minimum absolute atomic E-state index is 0.166. The predicted molar refractivity (Wildman–Crippen MR) is 121 cm³/mol. The Morgan fingerprint density at radius 2 is 1.97 bits per heavy atom. The summed E-state index contributed by atoms with van der Waals surface area (Å²) < 4.78 is 7.83. The SMILES string of the molecule is Cc1cc(C(=O)CN2C(=O)N[C@](C)(CCc3ccccc3)C2=O)c(C)n1C[C@H]1CCCO1. The van der Waals surface area contributed by atoms with E-state index in [2.05, 4.69) is 9.88 Å². The summed E-state index contributed by atoms with van der Waals surface area (Å²) in [7, 11) is 0. The molecule has 2 aromatic rings. The van der Waals surface area contributed by atoms with E-state index in [0.717, 1.165) is 41.3 Å². The maximum atomic E-state index is 13.1. The average Bonchev–Trinajstić information content (AvgIpc) is 3.44. The first kappa shape index (κ1) is 22.3. The number of urea groups is 1. The number of hydrogen-bond acceptors (Lipinski definition) is 4. The molecule has 170 valence electrons. The zero-order valence-electron chi connectivity index (χ0n) is 19.0. The molecule has 1 N–H and O–H groups in total. The van der Waals surface area contributed by atoms with Crippen molar-refractivity contribution in [2.45, 2.75) is 64.6 Å². The lowest BCUT2D eigenvalue weighted by Gasteiger charge is -2.21. The van der Waals surface area contributed by atoms with E-state index in [0.29, 0.717) is 24.9 Å². The third kappa shape index (κ3) is 4.35. The number of rotatable bonds is 8. The number of ketones is 1. The van der Waals surface area contributed by atoms with Crippen molar-refractivity contribution >= 4 is 17.7 Å². The zero-order valence-corrected chi connectivity index (χ0v) is 19.0. The lowest BCUT2D eigenvalue weighted by atomic mass is 9.93. The highest BCUT2D eigenvalue weighted by atomic mass is 16.5. The van der Waals surface area contributed by atoms with Crippen LogP contribution in [0.25, 0.3) is 0 Å². The fourth-order valence-corrected chi connectivity index (χ4v) is 4.68. The topological polar surface area (TPSA) is 80.6 Å². The van der Waals surface area contributed by atoms with E-state index in [1.54, 1.807) is 6.92 Å². The number of aromatic nitrogens is 1. The van der Waals surface area contributed by atoms with E-state index in [1.165, 1.54) is 0 Å². The van der Waals surface area contributed by atoms with Gasteiger partial charge in [-0.2, -0.15) is 0 Å². The number of hydrogen-bond donors (Lipinski definition) is 1. The number of carbonyl (C=O) groups is 3. The van der Waals surface area contributed by atoms with Gasteiger partial charge in [0.15, 0.2) is 5.78 Å². The summed E-state index contributed by atoms with van der Waals surface area (Å²) in [4.78, 5) is 39.8. The molecule has 3 amide bonds. The molecule has 0 saturated carbocycles. The fraction of sp³-hybridized carbons (Fsp3) is 0.480.